The third-order valence-corrected chi connectivity index (χ3v) is 8.54. The molecule has 0 unspecified atom stereocenters. The van der Waals surface area contributed by atoms with Gasteiger partial charge < -0.3 is 14.8 Å². The van der Waals surface area contributed by atoms with E-state index in [2.05, 4.69) is 56.6 Å². The lowest BCUT2D eigenvalue weighted by atomic mass is 9.96. The number of nitrogens with one attached hydrogen (secondary N) is 1. The van der Waals surface area contributed by atoms with Gasteiger partial charge in [0, 0.05) is 8.45 Å². The number of fused-ring (bicyclic) bond motifs is 1. The topological polar surface area (TPSA) is 95.1 Å². The smallest absolute Gasteiger partial charge is 0.266 e. The molecule has 0 fully saturated rings. The van der Waals surface area contributed by atoms with Crippen molar-refractivity contribution < 1.29 is 14.3 Å². The van der Waals surface area contributed by atoms with Gasteiger partial charge >= 0.3 is 0 Å². The second-order valence-corrected chi connectivity index (χ2v) is 11.8. The summed E-state index contributed by atoms with van der Waals surface area (Å²) in [4.78, 5) is 14.2. The highest BCUT2D eigenvalue weighted by atomic mass is 127. The van der Waals surface area contributed by atoms with Gasteiger partial charge in [0.1, 0.15) is 29.3 Å². The SMILES string of the molecule is CCOc1cc(/C=C(\C#N)C(=O)Nc2sc3c(c2C#N)CCCC3)cc(I)c1OCc1ccc(I)cc1. The monoisotopic (exact) mass is 735 g/mol. The summed E-state index contributed by atoms with van der Waals surface area (Å²) in [5, 5.41) is 22.7. The number of nitriles is 2. The van der Waals surface area contributed by atoms with Gasteiger partial charge in [-0.2, -0.15) is 10.5 Å². The lowest BCUT2D eigenvalue weighted by Crippen LogP contribution is -2.13. The molecular formula is C28H23I2N3O3S. The van der Waals surface area contributed by atoms with Crippen molar-refractivity contribution in [3.8, 4) is 23.6 Å². The van der Waals surface area contributed by atoms with E-state index in [-0.39, 0.29) is 5.57 Å². The van der Waals surface area contributed by atoms with Crippen molar-refractivity contribution in [3.05, 3.63) is 76.2 Å². The van der Waals surface area contributed by atoms with Crippen LogP contribution in [0.4, 0.5) is 5.00 Å². The lowest BCUT2D eigenvalue weighted by molar-refractivity contribution is -0.112. The maximum absolute atomic E-state index is 13.0. The summed E-state index contributed by atoms with van der Waals surface area (Å²) in [6.07, 6.45) is 5.42. The van der Waals surface area contributed by atoms with Crippen LogP contribution >= 0.6 is 56.5 Å². The van der Waals surface area contributed by atoms with E-state index < -0.39 is 5.91 Å². The number of thiophene rings is 1. The molecular weight excluding hydrogens is 712 g/mol. The molecule has 3 aromatic rings. The van der Waals surface area contributed by atoms with Crippen LogP contribution in [0.5, 0.6) is 11.5 Å². The Balaban J connectivity index is 1.57. The van der Waals surface area contributed by atoms with Gasteiger partial charge in [0.15, 0.2) is 11.5 Å². The van der Waals surface area contributed by atoms with Gasteiger partial charge in [0.25, 0.3) is 5.91 Å². The molecule has 188 valence electrons. The van der Waals surface area contributed by atoms with E-state index in [1.165, 1.54) is 17.4 Å². The fraction of sp³-hybridized carbons (Fsp3) is 0.250. The second kappa shape index (κ2) is 12.8. The summed E-state index contributed by atoms with van der Waals surface area (Å²) in [6, 6.07) is 16.0. The average molecular weight is 735 g/mol. The molecule has 9 heteroatoms. The van der Waals surface area contributed by atoms with E-state index in [1.807, 2.05) is 43.3 Å². The molecule has 1 aliphatic rings. The quantitative estimate of drug-likeness (QED) is 0.150. The van der Waals surface area contributed by atoms with Crippen LogP contribution < -0.4 is 14.8 Å². The minimum Gasteiger partial charge on any atom is -0.490 e. The molecule has 0 saturated carbocycles. The van der Waals surface area contributed by atoms with Crippen LogP contribution in [0.2, 0.25) is 0 Å². The number of hydrogen-bond donors (Lipinski definition) is 1. The number of hydrogen-bond acceptors (Lipinski definition) is 6. The summed E-state index contributed by atoms with van der Waals surface area (Å²) >= 11 is 5.87. The van der Waals surface area contributed by atoms with E-state index in [0.717, 1.165) is 48.8 Å². The Morgan fingerprint density at radius 1 is 1.14 bits per heavy atom. The Kier molecular flexibility index (Phi) is 9.46. The molecule has 0 bridgehead atoms. The van der Waals surface area contributed by atoms with Gasteiger partial charge in [0.2, 0.25) is 0 Å². The van der Waals surface area contributed by atoms with E-state index in [4.69, 9.17) is 9.47 Å². The normalized spacial score (nSPS) is 12.7. The zero-order chi connectivity index (χ0) is 26.4. The number of amides is 1. The summed E-state index contributed by atoms with van der Waals surface area (Å²) in [5.74, 6) is 0.620. The molecule has 0 atom stereocenters. The van der Waals surface area contributed by atoms with Gasteiger partial charge in [-0.15, -0.1) is 11.3 Å². The summed E-state index contributed by atoms with van der Waals surface area (Å²) in [6.45, 7) is 2.72. The number of carbonyl (C=O) groups excluding carboxylic acids is 1. The average Bonchev–Trinajstić information content (AvgIpc) is 3.24. The fourth-order valence-corrected chi connectivity index (χ4v) is 6.44. The Morgan fingerprint density at radius 2 is 1.89 bits per heavy atom. The van der Waals surface area contributed by atoms with Crippen molar-refractivity contribution in [2.75, 3.05) is 11.9 Å². The lowest BCUT2D eigenvalue weighted by Gasteiger charge is -2.15. The molecule has 1 N–H and O–H groups in total. The highest BCUT2D eigenvalue weighted by Crippen LogP contribution is 2.38. The number of benzene rings is 2. The molecule has 0 saturated heterocycles. The first-order valence-electron chi connectivity index (χ1n) is 11.7. The summed E-state index contributed by atoms with van der Waals surface area (Å²) in [7, 11) is 0. The number of carbonyl (C=O) groups is 1. The molecule has 0 aliphatic heterocycles. The van der Waals surface area contributed by atoms with Crippen molar-refractivity contribution in [2.45, 2.75) is 39.2 Å². The third kappa shape index (κ3) is 6.64. The van der Waals surface area contributed by atoms with Crippen LogP contribution in [-0.4, -0.2) is 12.5 Å². The fourth-order valence-electron chi connectivity index (χ4n) is 4.07. The number of rotatable bonds is 8. The molecule has 1 amide bonds. The Bertz CT molecular complexity index is 1430. The molecule has 4 rings (SSSR count). The zero-order valence-corrected chi connectivity index (χ0v) is 25.2. The third-order valence-electron chi connectivity index (χ3n) is 5.81. The van der Waals surface area contributed by atoms with E-state index in [0.29, 0.717) is 40.8 Å². The maximum atomic E-state index is 13.0. The van der Waals surface area contributed by atoms with Crippen molar-refractivity contribution in [3.63, 3.8) is 0 Å². The van der Waals surface area contributed by atoms with Crippen LogP contribution in [0.1, 0.15) is 46.9 Å². The molecule has 0 spiro atoms. The number of halogens is 2. The number of aryl methyl sites for hydroxylation is 1. The van der Waals surface area contributed by atoms with Crippen molar-refractivity contribution in [2.24, 2.45) is 0 Å². The van der Waals surface area contributed by atoms with Gasteiger partial charge in [-0.25, -0.2) is 0 Å². The highest BCUT2D eigenvalue weighted by Gasteiger charge is 2.23. The van der Waals surface area contributed by atoms with Crippen LogP contribution in [0.25, 0.3) is 6.08 Å². The van der Waals surface area contributed by atoms with Crippen LogP contribution in [0.3, 0.4) is 0 Å². The Hall–Kier alpha value is -2.61. The molecule has 1 aliphatic carbocycles. The minimum atomic E-state index is -0.537. The van der Waals surface area contributed by atoms with Crippen LogP contribution in [0, 0.1) is 29.8 Å². The van der Waals surface area contributed by atoms with Gasteiger partial charge in [-0.05, 0) is 125 Å². The first kappa shape index (κ1) is 27.4. The van der Waals surface area contributed by atoms with Crippen LogP contribution in [-0.2, 0) is 24.2 Å². The molecule has 2 aromatic carbocycles. The predicted octanol–water partition coefficient (Wildman–Crippen LogP) is 7.23. The zero-order valence-electron chi connectivity index (χ0n) is 20.1. The molecule has 0 radical (unpaired) electrons. The van der Waals surface area contributed by atoms with Gasteiger partial charge in [0.05, 0.1) is 15.7 Å². The standard InChI is InChI=1S/C28H23I2N3O3S/c1-2-35-24-13-18(12-23(30)26(24)36-16-17-7-9-20(29)10-8-17)11-19(14-31)27(34)33-28-22(15-32)21-5-3-4-6-25(21)37-28/h7-13H,2-6,16H2,1H3,(H,33,34)/b19-11+. The first-order valence-corrected chi connectivity index (χ1v) is 14.7. The Morgan fingerprint density at radius 3 is 2.59 bits per heavy atom. The molecule has 6 nitrogen and oxygen atoms in total. The van der Waals surface area contributed by atoms with Crippen LogP contribution in [0.15, 0.2) is 42.0 Å². The maximum Gasteiger partial charge on any atom is 0.266 e. The summed E-state index contributed by atoms with van der Waals surface area (Å²) in [5.41, 5.74) is 3.19. The molecule has 1 heterocycles. The highest BCUT2D eigenvalue weighted by molar-refractivity contribution is 14.1. The number of ether oxygens (including phenoxy) is 2. The van der Waals surface area contributed by atoms with Crippen molar-refractivity contribution >= 4 is 73.5 Å². The first-order chi connectivity index (χ1) is 17.9. The summed E-state index contributed by atoms with van der Waals surface area (Å²) < 4.78 is 13.9. The number of anilines is 1. The largest absolute Gasteiger partial charge is 0.490 e. The van der Waals surface area contributed by atoms with E-state index >= 15 is 0 Å². The van der Waals surface area contributed by atoms with Crippen molar-refractivity contribution in [1.29, 1.82) is 10.5 Å². The van der Waals surface area contributed by atoms with Gasteiger partial charge in [-0.1, -0.05) is 12.1 Å². The molecule has 1 aromatic heterocycles. The minimum absolute atomic E-state index is 0.0546. The van der Waals surface area contributed by atoms with E-state index in [9.17, 15) is 15.3 Å². The number of nitrogens with zero attached hydrogens (tertiary/aromatic N) is 2. The predicted molar refractivity (Wildman–Crippen MR) is 162 cm³/mol. The van der Waals surface area contributed by atoms with E-state index in [1.54, 1.807) is 6.07 Å². The second-order valence-electron chi connectivity index (χ2n) is 8.33. The van der Waals surface area contributed by atoms with Crippen molar-refractivity contribution in [1.82, 2.24) is 0 Å². The Labute approximate surface area is 247 Å². The van der Waals surface area contributed by atoms with Gasteiger partial charge in [-0.3, -0.25) is 4.79 Å². The molecule has 37 heavy (non-hydrogen) atoms.